The number of furan rings is 1. The van der Waals surface area contributed by atoms with Gasteiger partial charge in [-0.1, -0.05) is 6.07 Å². The van der Waals surface area contributed by atoms with E-state index in [4.69, 9.17) is 9.15 Å². The molecule has 3 heterocycles. The fourth-order valence-corrected chi connectivity index (χ4v) is 3.51. The van der Waals surface area contributed by atoms with Gasteiger partial charge in [0, 0.05) is 30.4 Å². The largest absolute Gasteiger partial charge is 0.497 e. The maximum Gasteiger partial charge on any atom is 0.321 e. The summed E-state index contributed by atoms with van der Waals surface area (Å²) in [4.78, 5) is 41.6. The van der Waals surface area contributed by atoms with E-state index in [1.54, 1.807) is 36.3 Å². The van der Waals surface area contributed by atoms with Gasteiger partial charge in [0.25, 0.3) is 5.91 Å². The lowest BCUT2D eigenvalue weighted by atomic mass is 10.1. The number of carbonyl (C=O) groups excluding carboxylic acids is 3. The molecule has 0 radical (unpaired) electrons. The average molecular weight is 408 g/mol. The van der Waals surface area contributed by atoms with E-state index in [9.17, 15) is 14.4 Å². The summed E-state index contributed by atoms with van der Waals surface area (Å²) in [7, 11) is 1.54. The molecule has 1 aliphatic heterocycles. The molecule has 0 unspecified atom stereocenters. The highest BCUT2D eigenvalue weighted by Gasteiger charge is 2.31. The molecule has 0 fully saturated rings. The van der Waals surface area contributed by atoms with Gasteiger partial charge >= 0.3 is 6.03 Å². The number of pyridine rings is 1. The number of carbonyl (C=O) groups is 3. The number of hydrogen-bond donors (Lipinski definition) is 2. The third kappa shape index (κ3) is 3.69. The van der Waals surface area contributed by atoms with E-state index in [0.29, 0.717) is 41.1 Å². The zero-order chi connectivity index (χ0) is 21.3. The molecule has 2 N–H and O–H groups in total. The average Bonchev–Trinajstić information content (AvgIpc) is 3.28. The molecule has 4 rings (SSSR count). The normalized spacial score (nSPS) is 13.8. The van der Waals surface area contributed by atoms with Crippen LogP contribution in [0.4, 0.5) is 4.79 Å². The Bertz CT molecular complexity index is 1140. The molecule has 0 aliphatic carbocycles. The number of ether oxygens (including phenoxy) is 1. The second-order valence-electron chi connectivity index (χ2n) is 6.98. The van der Waals surface area contributed by atoms with Gasteiger partial charge in [-0.2, -0.15) is 0 Å². The van der Waals surface area contributed by atoms with Crippen LogP contribution in [0.5, 0.6) is 5.75 Å². The summed E-state index contributed by atoms with van der Waals surface area (Å²) in [6.07, 6.45) is 0.291. The number of fused-ring (bicyclic) bond motifs is 2. The van der Waals surface area contributed by atoms with Crippen LogP contribution in [-0.4, -0.2) is 41.9 Å². The molecule has 9 nitrogen and oxygen atoms in total. The molecule has 0 saturated heterocycles. The summed E-state index contributed by atoms with van der Waals surface area (Å²) in [5.74, 6) is 0.866. The van der Waals surface area contributed by atoms with Crippen LogP contribution in [0.25, 0.3) is 11.1 Å². The van der Waals surface area contributed by atoms with Crippen molar-refractivity contribution in [3.63, 3.8) is 0 Å². The van der Waals surface area contributed by atoms with Crippen molar-refractivity contribution in [2.24, 2.45) is 0 Å². The molecule has 30 heavy (non-hydrogen) atoms. The van der Waals surface area contributed by atoms with Gasteiger partial charge in [0.1, 0.15) is 23.1 Å². The van der Waals surface area contributed by atoms with E-state index >= 15 is 0 Å². The molecule has 0 spiro atoms. The van der Waals surface area contributed by atoms with Gasteiger partial charge in [-0.05, 0) is 36.8 Å². The molecule has 9 heteroatoms. The van der Waals surface area contributed by atoms with Gasteiger partial charge in [0.05, 0.1) is 7.11 Å². The monoisotopic (exact) mass is 408 g/mol. The standard InChI is InChI=1S/C21H20N4O5/c1-12-3-6-18-16(23-12)8-19(30-18)17(24-21(28)22-11-26)10-25-9-13-4-5-14(29-2)7-15(13)20(25)27/h3-8,11,17H,9-10H2,1-2H3,(H2,22,24,26,28)/t17-/m0/s1. The second kappa shape index (κ2) is 7.86. The zero-order valence-corrected chi connectivity index (χ0v) is 16.5. The molecule has 1 aromatic carbocycles. The zero-order valence-electron chi connectivity index (χ0n) is 16.5. The van der Waals surface area contributed by atoms with Crippen molar-refractivity contribution >= 4 is 29.4 Å². The van der Waals surface area contributed by atoms with Crippen LogP contribution in [0.2, 0.25) is 0 Å². The summed E-state index contributed by atoms with van der Waals surface area (Å²) in [5, 5.41) is 4.73. The lowest BCUT2D eigenvalue weighted by Gasteiger charge is -2.23. The first-order valence-corrected chi connectivity index (χ1v) is 9.32. The van der Waals surface area contributed by atoms with Gasteiger partial charge in [-0.3, -0.25) is 14.9 Å². The van der Waals surface area contributed by atoms with Crippen LogP contribution < -0.4 is 15.4 Å². The smallest absolute Gasteiger partial charge is 0.321 e. The first-order chi connectivity index (χ1) is 14.5. The Labute approximate surface area is 172 Å². The maximum absolute atomic E-state index is 12.9. The number of benzene rings is 1. The molecule has 0 saturated carbocycles. The fourth-order valence-electron chi connectivity index (χ4n) is 3.51. The summed E-state index contributed by atoms with van der Waals surface area (Å²) in [5.41, 5.74) is 3.48. The van der Waals surface area contributed by atoms with Gasteiger partial charge in [-0.25, -0.2) is 9.78 Å². The van der Waals surface area contributed by atoms with Crippen LogP contribution in [0.1, 0.15) is 33.4 Å². The van der Waals surface area contributed by atoms with E-state index in [1.807, 2.05) is 24.4 Å². The van der Waals surface area contributed by atoms with Gasteiger partial charge < -0.3 is 19.4 Å². The SMILES string of the molecule is COc1ccc2c(c1)C(=O)N(C[C@H](NC(=O)NC=O)c1cc3nc(C)ccc3o1)C2. The molecule has 0 bridgehead atoms. The van der Waals surface area contributed by atoms with Crippen LogP contribution >= 0.6 is 0 Å². The van der Waals surface area contributed by atoms with Crippen molar-refractivity contribution < 1.29 is 23.5 Å². The minimum atomic E-state index is -0.689. The third-order valence-electron chi connectivity index (χ3n) is 4.97. The summed E-state index contributed by atoms with van der Waals surface area (Å²) >= 11 is 0. The number of aromatic nitrogens is 1. The van der Waals surface area contributed by atoms with Gasteiger partial charge in [-0.15, -0.1) is 0 Å². The number of nitrogens with one attached hydrogen (secondary N) is 2. The Hall–Kier alpha value is -3.88. The predicted molar refractivity (Wildman–Crippen MR) is 107 cm³/mol. The minimum absolute atomic E-state index is 0.154. The molecular weight excluding hydrogens is 388 g/mol. The summed E-state index contributed by atoms with van der Waals surface area (Å²) < 4.78 is 11.1. The van der Waals surface area contributed by atoms with Gasteiger partial charge in [0.2, 0.25) is 6.41 Å². The van der Waals surface area contributed by atoms with Crippen LogP contribution in [-0.2, 0) is 11.3 Å². The van der Waals surface area contributed by atoms with Crippen molar-refractivity contribution in [3.05, 3.63) is 59.0 Å². The molecular formula is C21H20N4O5. The van der Waals surface area contributed by atoms with E-state index in [2.05, 4.69) is 10.3 Å². The van der Waals surface area contributed by atoms with Crippen LogP contribution in [0.15, 0.2) is 40.8 Å². The van der Waals surface area contributed by atoms with E-state index < -0.39 is 12.1 Å². The van der Waals surface area contributed by atoms with Crippen LogP contribution in [0.3, 0.4) is 0 Å². The summed E-state index contributed by atoms with van der Waals surface area (Å²) in [6.45, 7) is 2.41. The Morgan fingerprint density at radius 1 is 1.33 bits per heavy atom. The molecule has 154 valence electrons. The maximum atomic E-state index is 12.9. The third-order valence-corrected chi connectivity index (χ3v) is 4.97. The van der Waals surface area contributed by atoms with Crippen molar-refractivity contribution in [2.45, 2.75) is 19.5 Å². The van der Waals surface area contributed by atoms with Crippen molar-refractivity contribution in [3.8, 4) is 5.75 Å². The summed E-state index contributed by atoms with van der Waals surface area (Å²) in [6, 6.07) is 9.33. The Kier molecular flexibility index (Phi) is 5.09. The number of urea groups is 1. The number of imide groups is 1. The number of nitrogens with zero attached hydrogens (tertiary/aromatic N) is 2. The fraction of sp³-hybridized carbons (Fsp3) is 0.238. The highest BCUT2D eigenvalue weighted by molar-refractivity contribution is 5.98. The van der Waals surface area contributed by atoms with E-state index in [1.165, 1.54) is 0 Å². The predicted octanol–water partition coefficient (Wildman–Crippen LogP) is 2.30. The second-order valence-corrected chi connectivity index (χ2v) is 6.98. The number of aryl methyl sites for hydroxylation is 1. The Balaban J connectivity index is 1.62. The molecule has 1 atom stereocenters. The van der Waals surface area contributed by atoms with Crippen molar-refractivity contribution in [1.82, 2.24) is 20.5 Å². The van der Waals surface area contributed by atoms with E-state index in [-0.39, 0.29) is 12.5 Å². The van der Waals surface area contributed by atoms with Gasteiger partial charge in [0.15, 0.2) is 5.58 Å². The molecule has 2 aromatic heterocycles. The van der Waals surface area contributed by atoms with Crippen molar-refractivity contribution in [2.75, 3.05) is 13.7 Å². The minimum Gasteiger partial charge on any atom is -0.497 e. The van der Waals surface area contributed by atoms with E-state index in [0.717, 1.165) is 11.3 Å². The first-order valence-electron chi connectivity index (χ1n) is 9.32. The quantitative estimate of drug-likeness (QED) is 0.605. The molecule has 3 aromatic rings. The molecule has 4 amide bonds. The van der Waals surface area contributed by atoms with Crippen molar-refractivity contribution in [1.29, 1.82) is 0 Å². The molecule has 1 aliphatic rings. The number of methoxy groups -OCH3 is 1. The lowest BCUT2D eigenvalue weighted by Crippen LogP contribution is -2.42. The Morgan fingerprint density at radius 3 is 2.93 bits per heavy atom. The number of rotatable bonds is 6. The van der Waals surface area contributed by atoms with Crippen LogP contribution in [0, 0.1) is 6.92 Å². The highest BCUT2D eigenvalue weighted by atomic mass is 16.5. The highest BCUT2D eigenvalue weighted by Crippen LogP contribution is 2.30. The number of amides is 4. The Morgan fingerprint density at radius 2 is 2.17 bits per heavy atom. The topological polar surface area (TPSA) is 114 Å². The number of hydrogen-bond acceptors (Lipinski definition) is 6. The lowest BCUT2D eigenvalue weighted by molar-refractivity contribution is -0.108. The first kappa shape index (κ1) is 19.4.